The van der Waals surface area contributed by atoms with Crippen molar-refractivity contribution in [3.63, 3.8) is 0 Å². The van der Waals surface area contributed by atoms with Gasteiger partial charge < -0.3 is 4.90 Å². The van der Waals surface area contributed by atoms with Gasteiger partial charge in [-0.25, -0.2) is 9.78 Å². The van der Waals surface area contributed by atoms with Crippen LogP contribution in [0.3, 0.4) is 0 Å². The van der Waals surface area contributed by atoms with Crippen LogP contribution in [0.1, 0.15) is 23.6 Å². The number of carbonyl (C=O) groups excluding carboxylic acids is 1. The lowest BCUT2D eigenvalue weighted by molar-refractivity contribution is -0.129. The number of pyridine rings is 1. The van der Waals surface area contributed by atoms with E-state index in [0.29, 0.717) is 30.5 Å². The number of aryl methyl sites for hydroxylation is 1. The van der Waals surface area contributed by atoms with E-state index in [9.17, 15) is 14.4 Å². The quantitative estimate of drug-likeness (QED) is 0.686. The fraction of sp³-hybridized carbons (Fsp3) is 0.333. The number of likely N-dealkylation sites (tertiary alicyclic amines) is 1. The summed E-state index contributed by atoms with van der Waals surface area (Å²) in [4.78, 5) is 43.6. The van der Waals surface area contributed by atoms with Crippen LogP contribution in [0.25, 0.3) is 11.0 Å². The molecular formula is C21H22N4O3. The van der Waals surface area contributed by atoms with Crippen LogP contribution >= 0.6 is 0 Å². The fourth-order valence-corrected chi connectivity index (χ4v) is 3.81. The molecule has 0 bridgehead atoms. The van der Waals surface area contributed by atoms with Crippen LogP contribution in [0.15, 0.2) is 52.1 Å². The first-order valence-electron chi connectivity index (χ1n) is 9.34. The van der Waals surface area contributed by atoms with E-state index in [2.05, 4.69) is 4.98 Å². The van der Waals surface area contributed by atoms with Crippen molar-refractivity contribution in [3.05, 3.63) is 74.6 Å². The van der Waals surface area contributed by atoms with Gasteiger partial charge >= 0.3 is 5.69 Å². The monoisotopic (exact) mass is 378 g/mol. The minimum Gasteiger partial charge on any atom is -0.342 e. The molecule has 2 aromatic heterocycles. The standard InChI is InChI=1S/C21H22N4O3/c1-23-19-16(20(27)24(2)21(23)28)8-9-17(22-19)15-10-11-25(13-15)18(26)12-14-6-4-3-5-7-14/h3-9,15H,10-13H2,1-2H3/t15-/m0/s1. The van der Waals surface area contributed by atoms with Gasteiger partial charge in [0.25, 0.3) is 5.56 Å². The zero-order valence-corrected chi connectivity index (χ0v) is 16.0. The van der Waals surface area contributed by atoms with Crippen molar-refractivity contribution in [2.24, 2.45) is 14.1 Å². The van der Waals surface area contributed by atoms with Crippen molar-refractivity contribution in [3.8, 4) is 0 Å². The SMILES string of the molecule is Cn1c(=O)c2ccc([C@H]3CCN(C(=O)Cc4ccccc4)C3)nc2n(C)c1=O. The molecule has 1 fully saturated rings. The molecule has 4 rings (SSSR count). The number of carbonyl (C=O) groups is 1. The molecule has 144 valence electrons. The first-order valence-corrected chi connectivity index (χ1v) is 9.34. The van der Waals surface area contributed by atoms with Gasteiger partial charge in [-0.1, -0.05) is 30.3 Å². The first-order chi connectivity index (χ1) is 13.5. The number of rotatable bonds is 3. The summed E-state index contributed by atoms with van der Waals surface area (Å²) in [5, 5.41) is 0.420. The number of hydrogen-bond acceptors (Lipinski definition) is 4. The largest absolute Gasteiger partial charge is 0.342 e. The maximum absolute atomic E-state index is 12.6. The van der Waals surface area contributed by atoms with Crippen molar-refractivity contribution < 1.29 is 4.79 Å². The van der Waals surface area contributed by atoms with Crippen LogP contribution in [-0.2, 0) is 25.3 Å². The number of fused-ring (bicyclic) bond motifs is 1. The second kappa shape index (κ2) is 7.07. The summed E-state index contributed by atoms with van der Waals surface area (Å²) >= 11 is 0. The summed E-state index contributed by atoms with van der Waals surface area (Å²) < 4.78 is 2.48. The molecular weight excluding hydrogens is 356 g/mol. The van der Waals surface area contributed by atoms with Crippen molar-refractivity contribution in [2.75, 3.05) is 13.1 Å². The third-order valence-corrected chi connectivity index (χ3v) is 5.48. The molecule has 1 atom stereocenters. The van der Waals surface area contributed by atoms with Crippen LogP contribution in [0, 0.1) is 0 Å². The molecule has 1 aliphatic heterocycles. The van der Waals surface area contributed by atoms with Gasteiger partial charge in [-0.05, 0) is 24.1 Å². The Morgan fingerprint density at radius 2 is 1.82 bits per heavy atom. The van der Waals surface area contributed by atoms with Gasteiger partial charge in [0.15, 0.2) is 0 Å². The van der Waals surface area contributed by atoms with Gasteiger partial charge in [0, 0.05) is 38.8 Å². The molecule has 0 spiro atoms. The normalized spacial score (nSPS) is 16.6. The summed E-state index contributed by atoms with van der Waals surface area (Å²) in [7, 11) is 3.08. The van der Waals surface area contributed by atoms with Crippen LogP contribution in [0.4, 0.5) is 0 Å². The zero-order valence-electron chi connectivity index (χ0n) is 16.0. The van der Waals surface area contributed by atoms with Crippen molar-refractivity contribution in [2.45, 2.75) is 18.8 Å². The summed E-state index contributed by atoms with van der Waals surface area (Å²) in [5.41, 5.74) is 1.47. The maximum Gasteiger partial charge on any atom is 0.332 e. The smallest absolute Gasteiger partial charge is 0.332 e. The second-order valence-electron chi connectivity index (χ2n) is 7.30. The third kappa shape index (κ3) is 3.13. The number of hydrogen-bond donors (Lipinski definition) is 0. The highest BCUT2D eigenvalue weighted by molar-refractivity contribution is 5.79. The molecule has 28 heavy (non-hydrogen) atoms. The Morgan fingerprint density at radius 3 is 2.57 bits per heavy atom. The van der Waals surface area contributed by atoms with Gasteiger partial charge in [0.1, 0.15) is 5.65 Å². The molecule has 0 N–H and O–H groups in total. The Morgan fingerprint density at radius 1 is 1.07 bits per heavy atom. The number of benzene rings is 1. The number of amides is 1. The molecule has 0 saturated carbocycles. The predicted octanol–water partition coefficient (Wildman–Crippen LogP) is 1.19. The van der Waals surface area contributed by atoms with E-state index in [-0.39, 0.29) is 17.4 Å². The minimum absolute atomic E-state index is 0.100. The Kier molecular flexibility index (Phi) is 4.58. The molecule has 0 unspecified atom stereocenters. The maximum atomic E-state index is 12.6. The second-order valence-corrected chi connectivity index (χ2v) is 7.30. The van der Waals surface area contributed by atoms with Gasteiger partial charge in [-0.3, -0.25) is 18.7 Å². The number of aromatic nitrogens is 3. The topological polar surface area (TPSA) is 77.2 Å². The summed E-state index contributed by atoms with van der Waals surface area (Å²) in [6.07, 6.45) is 1.21. The van der Waals surface area contributed by atoms with E-state index >= 15 is 0 Å². The lowest BCUT2D eigenvalue weighted by Crippen LogP contribution is -2.37. The average molecular weight is 378 g/mol. The number of nitrogens with zero attached hydrogens (tertiary/aromatic N) is 4. The molecule has 7 nitrogen and oxygen atoms in total. The molecule has 1 amide bonds. The predicted molar refractivity (Wildman–Crippen MR) is 106 cm³/mol. The molecule has 3 heterocycles. The molecule has 0 radical (unpaired) electrons. The molecule has 1 aromatic carbocycles. The Balaban J connectivity index is 1.57. The van der Waals surface area contributed by atoms with Crippen molar-refractivity contribution in [1.82, 2.24) is 19.0 Å². The summed E-state index contributed by atoms with van der Waals surface area (Å²) in [5.74, 6) is 0.207. The Labute approximate surface area is 161 Å². The van der Waals surface area contributed by atoms with Crippen LogP contribution in [-0.4, -0.2) is 38.0 Å². The van der Waals surface area contributed by atoms with Crippen LogP contribution in [0.2, 0.25) is 0 Å². The minimum atomic E-state index is -0.395. The lowest BCUT2D eigenvalue weighted by Gasteiger charge is -2.17. The van der Waals surface area contributed by atoms with E-state index in [1.807, 2.05) is 41.3 Å². The van der Waals surface area contributed by atoms with Crippen LogP contribution in [0.5, 0.6) is 0 Å². The highest BCUT2D eigenvalue weighted by atomic mass is 16.2. The lowest BCUT2D eigenvalue weighted by atomic mass is 10.0. The molecule has 1 aliphatic rings. The van der Waals surface area contributed by atoms with E-state index in [1.54, 1.807) is 13.1 Å². The van der Waals surface area contributed by atoms with Crippen LogP contribution < -0.4 is 11.2 Å². The first kappa shape index (κ1) is 18.2. The van der Waals surface area contributed by atoms with Gasteiger partial charge in [-0.15, -0.1) is 0 Å². The zero-order chi connectivity index (χ0) is 19.8. The highest BCUT2D eigenvalue weighted by Gasteiger charge is 2.28. The Bertz CT molecular complexity index is 1160. The van der Waals surface area contributed by atoms with E-state index in [1.165, 1.54) is 11.6 Å². The van der Waals surface area contributed by atoms with Crippen molar-refractivity contribution >= 4 is 16.9 Å². The van der Waals surface area contributed by atoms with E-state index < -0.39 is 5.69 Å². The molecule has 1 saturated heterocycles. The third-order valence-electron chi connectivity index (χ3n) is 5.48. The fourth-order valence-electron chi connectivity index (χ4n) is 3.81. The summed E-state index contributed by atoms with van der Waals surface area (Å²) in [6.45, 7) is 1.29. The van der Waals surface area contributed by atoms with Gasteiger partial charge in [-0.2, -0.15) is 0 Å². The highest BCUT2D eigenvalue weighted by Crippen LogP contribution is 2.27. The Hall–Kier alpha value is -3.22. The van der Waals surface area contributed by atoms with Gasteiger partial charge in [0.05, 0.1) is 11.8 Å². The van der Waals surface area contributed by atoms with E-state index in [4.69, 9.17) is 0 Å². The van der Waals surface area contributed by atoms with Crippen molar-refractivity contribution in [1.29, 1.82) is 0 Å². The van der Waals surface area contributed by atoms with Gasteiger partial charge in [0.2, 0.25) is 5.91 Å². The molecule has 3 aromatic rings. The average Bonchev–Trinajstić information content (AvgIpc) is 3.21. The molecule has 0 aliphatic carbocycles. The summed E-state index contributed by atoms with van der Waals surface area (Å²) in [6, 6.07) is 13.3. The molecule has 7 heteroatoms. The van der Waals surface area contributed by atoms with E-state index in [0.717, 1.165) is 22.2 Å².